The molecule has 1 aromatic carbocycles. The van der Waals surface area contributed by atoms with Crippen LogP contribution in [0.1, 0.15) is 32.8 Å². The molecule has 0 radical (unpaired) electrons. The van der Waals surface area contributed by atoms with E-state index in [1.54, 1.807) is 26.8 Å². The fraction of sp³-hybridized carbons (Fsp3) is 0.500. The van der Waals surface area contributed by atoms with Crippen LogP contribution in [0, 0.1) is 0 Å². The smallest absolute Gasteiger partial charge is 0.411 e. The maximum Gasteiger partial charge on any atom is 0.411 e. The highest BCUT2D eigenvalue weighted by Gasteiger charge is 2.55. The Balaban J connectivity index is 1.88. The SMILES string of the molecule is CC(C)(C)OC(=O)N1CC2(C[C@H]1C(N)=O)OCc1ccccc1NC2=O. The number of amides is 3. The molecule has 0 bridgehead atoms. The van der Waals surface area contributed by atoms with Crippen molar-refractivity contribution in [1.82, 2.24) is 4.90 Å². The van der Waals surface area contributed by atoms with Crippen LogP contribution in [0.5, 0.6) is 0 Å². The van der Waals surface area contributed by atoms with Crippen LogP contribution in [0.15, 0.2) is 24.3 Å². The molecule has 3 rings (SSSR count). The van der Waals surface area contributed by atoms with E-state index in [0.29, 0.717) is 5.69 Å². The van der Waals surface area contributed by atoms with E-state index < -0.39 is 35.2 Å². The number of likely N-dealkylation sites (tertiary alicyclic amines) is 1. The molecule has 1 saturated heterocycles. The van der Waals surface area contributed by atoms with Gasteiger partial charge in [-0.3, -0.25) is 14.5 Å². The van der Waals surface area contributed by atoms with Crippen molar-refractivity contribution in [3.63, 3.8) is 0 Å². The lowest BCUT2D eigenvalue weighted by Crippen LogP contribution is -2.48. The van der Waals surface area contributed by atoms with Gasteiger partial charge in [-0.2, -0.15) is 0 Å². The lowest BCUT2D eigenvalue weighted by atomic mass is 9.98. The van der Waals surface area contributed by atoms with E-state index in [-0.39, 0.29) is 19.6 Å². The third-order valence-corrected chi connectivity index (χ3v) is 4.46. The topological polar surface area (TPSA) is 111 Å². The summed E-state index contributed by atoms with van der Waals surface area (Å²) in [6.07, 6.45) is -0.710. The van der Waals surface area contributed by atoms with Gasteiger partial charge in [0.05, 0.1) is 13.2 Å². The molecule has 2 atom stereocenters. The first kappa shape index (κ1) is 18.2. The highest BCUT2D eigenvalue weighted by molar-refractivity contribution is 6.00. The number of benzene rings is 1. The van der Waals surface area contributed by atoms with Gasteiger partial charge >= 0.3 is 6.09 Å². The van der Waals surface area contributed by atoms with Crippen molar-refractivity contribution >= 4 is 23.6 Å². The van der Waals surface area contributed by atoms with E-state index in [0.717, 1.165) is 5.56 Å². The molecule has 3 N–H and O–H groups in total. The van der Waals surface area contributed by atoms with Crippen molar-refractivity contribution < 1.29 is 23.9 Å². The van der Waals surface area contributed by atoms with Crippen LogP contribution in [-0.4, -0.2) is 46.6 Å². The molecule has 0 saturated carbocycles. The molecule has 2 aliphatic heterocycles. The number of fused-ring (bicyclic) bond motifs is 1. The summed E-state index contributed by atoms with van der Waals surface area (Å²) < 4.78 is 11.3. The lowest BCUT2D eigenvalue weighted by molar-refractivity contribution is -0.140. The number of rotatable bonds is 1. The number of para-hydroxylation sites is 1. The second-order valence-electron chi connectivity index (χ2n) is 7.62. The number of ether oxygens (including phenoxy) is 2. The van der Waals surface area contributed by atoms with E-state index in [1.807, 2.05) is 18.2 Å². The molecule has 140 valence electrons. The van der Waals surface area contributed by atoms with E-state index >= 15 is 0 Å². The lowest BCUT2D eigenvalue weighted by Gasteiger charge is -2.28. The van der Waals surface area contributed by atoms with Crippen molar-refractivity contribution in [1.29, 1.82) is 0 Å². The summed E-state index contributed by atoms with van der Waals surface area (Å²) in [5, 5.41) is 2.83. The number of nitrogens with zero attached hydrogens (tertiary/aromatic N) is 1. The molecule has 8 heteroatoms. The monoisotopic (exact) mass is 361 g/mol. The Kier molecular flexibility index (Phi) is 4.39. The largest absolute Gasteiger partial charge is 0.444 e. The number of anilines is 1. The zero-order valence-corrected chi connectivity index (χ0v) is 15.1. The van der Waals surface area contributed by atoms with Gasteiger partial charge in [-0.15, -0.1) is 0 Å². The molecule has 3 amide bonds. The Morgan fingerprint density at radius 1 is 1.35 bits per heavy atom. The average Bonchev–Trinajstić information content (AvgIpc) is 2.88. The maximum atomic E-state index is 12.9. The minimum Gasteiger partial charge on any atom is -0.444 e. The van der Waals surface area contributed by atoms with Crippen LogP contribution in [0.3, 0.4) is 0 Å². The van der Waals surface area contributed by atoms with Gasteiger partial charge < -0.3 is 20.5 Å². The van der Waals surface area contributed by atoms with Gasteiger partial charge in [0.15, 0.2) is 5.60 Å². The van der Waals surface area contributed by atoms with Gasteiger partial charge in [0, 0.05) is 17.7 Å². The van der Waals surface area contributed by atoms with Gasteiger partial charge in [-0.1, -0.05) is 18.2 Å². The third kappa shape index (κ3) is 3.37. The highest BCUT2D eigenvalue weighted by atomic mass is 16.6. The van der Waals surface area contributed by atoms with E-state index in [4.69, 9.17) is 15.2 Å². The van der Waals surface area contributed by atoms with Gasteiger partial charge in [-0.05, 0) is 26.8 Å². The van der Waals surface area contributed by atoms with Crippen LogP contribution < -0.4 is 11.1 Å². The predicted molar refractivity (Wildman–Crippen MR) is 93.1 cm³/mol. The normalized spacial score (nSPS) is 25.4. The number of carbonyl (C=O) groups excluding carboxylic acids is 3. The van der Waals surface area contributed by atoms with Crippen molar-refractivity contribution in [3.8, 4) is 0 Å². The Morgan fingerprint density at radius 3 is 2.69 bits per heavy atom. The molecule has 2 aliphatic rings. The second kappa shape index (κ2) is 6.28. The number of carbonyl (C=O) groups is 3. The Hall–Kier alpha value is -2.61. The molecular weight excluding hydrogens is 338 g/mol. The Labute approximate surface area is 151 Å². The molecule has 1 fully saturated rings. The molecule has 2 heterocycles. The van der Waals surface area contributed by atoms with Crippen LogP contribution in [0.2, 0.25) is 0 Å². The molecule has 26 heavy (non-hydrogen) atoms. The van der Waals surface area contributed by atoms with Crippen LogP contribution in [-0.2, 0) is 25.7 Å². The summed E-state index contributed by atoms with van der Waals surface area (Å²) in [5.41, 5.74) is 4.86. The summed E-state index contributed by atoms with van der Waals surface area (Å²) >= 11 is 0. The van der Waals surface area contributed by atoms with Gasteiger partial charge in [0.1, 0.15) is 11.6 Å². The molecule has 1 unspecified atom stereocenters. The Bertz CT molecular complexity index is 757. The first-order valence-corrected chi connectivity index (χ1v) is 8.44. The molecule has 1 aromatic rings. The van der Waals surface area contributed by atoms with Crippen LogP contribution in [0.4, 0.5) is 10.5 Å². The summed E-state index contributed by atoms with van der Waals surface area (Å²) in [4.78, 5) is 38.5. The first-order chi connectivity index (χ1) is 12.1. The summed E-state index contributed by atoms with van der Waals surface area (Å²) in [6, 6.07) is 6.31. The van der Waals surface area contributed by atoms with Crippen LogP contribution in [0.25, 0.3) is 0 Å². The molecule has 1 spiro atoms. The first-order valence-electron chi connectivity index (χ1n) is 8.44. The van der Waals surface area contributed by atoms with E-state index in [9.17, 15) is 14.4 Å². The number of hydrogen-bond donors (Lipinski definition) is 2. The fourth-order valence-corrected chi connectivity index (χ4v) is 3.19. The average molecular weight is 361 g/mol. The quantitative estimate of drug-likeness (QED) is 0.785. The zero-order chi connectivity index (χ0) is 19.1. The number of nitrogens with one attached hydrogen (secondary N) is 1. The number of primary amides is 1. The minimum absolute atomic E-state index is 0.0125. The molecule has 0 aromatic heterocycles. The zero-order valence-electron chi connectivity index (χ0n) is 15.1. The summed E-state index contributed by atoms with van der Waals surface area (Å²) in [5.74, 6) is -1.11. The van der Waals surface area contributed by atoms with E-state index in [1.165, 1.54) is 4.90 Å². The Morgan fingerprint density at radius 2 is 2.04 bits per heavy atom. The van der Waals surface area contributed by atoms with Crippen LogP contribution >= 0.6 is 0 Å². The molecule has 0 aliphatic carbocycles. The highest BCUT2D eigenvalue weighted by Crippen LogP contribution is 2.36. The van der Waals surface area contributed by atoms with E-state index in [2.05, 4.69) is 5.32 Å². The fourth-order valence-electron chi connectivity index (χ4n) is 3.19. The summed E-state index contributed by atoms with van der Waals surface area (Å²) in [6.45, 7) is 5.25. The standard InChI is InChI=1S/C18H23N3O5/c1-17(2,3)26-16(24)21-10-18(8-13(21)14(19)22)15(23)20-12-7-5-4-6-11(12)9-25-18/h4-7,13H,8-10H2,1-3H3,(H2,19,22)(H,20,23)/t13-,18?/m0/s1. The van der Waals surface area contributed by atoms with Crippen molar-refractivity contribution in [2.45, 2.75) is 51.0 Å². The van der Waals surface area contributed by atoms with Crippen molar-refractivity contribution in [2.75, 3.05) is 11.9 Å². The number of nitrogens with two attached hydrogens (primary N) is 1. The number of hydrogen-bond acceptors (Lipinski definition) is 5. The van der Waals surface area contributed by atoms with Gasteiger partial charge in [-0.25, -0.2) is 4.79 Å². The van der Waals surface area contributed by atoms with Gasteiger partial charge in [0.2, 0.25) is 5.91 Å². The third-order valence-electron chi connectivity index (χ3n) is 4.46. The summed E-state index contributed by atoms with van der Waals surface area (Å²) in [7, 11) is 0. The van der Waals surface area contributed by atoms with Crippen molar-refractivity contribution in [3.05, 3.63) is 29.8 Å². The maximum absolute atomic E-state index is 12.9. The minimum atomic E-state index is -1.35. The molecule has 8 nitrogen and oxygen atoms in total. The van der Waals surface area contributed by atoms with Gasteiger partial charge in [0.25, 0.3) is 5.91 Å². The molecular formula is C18H23N3O5. The predicted octanol–water partition coefficient (Wildman–Crippen LogP) is 1.39. The van der Waals surface area contributed by atoms with Crippen molar-refractivity contribution in [2.24, 2.45) is 5.73 Å². The second-order valence-corrected chi connectivity index (χ2v) is 7.62.